The highest BCUT2D eigenvalue weighted by Crippen LogP contribution is 2.28. The van der Waals surface area contributed by atoms with E-state index in [0.717, 1.165) is 10.4 Å². The third kappa shape index (κ3) is 4.32. The Morgan fingerprint density at radius 2 is 1.91 bits per heavy atom. The second-order valence-corrected chi connectivity index (χ2v) is 6.70. The Labute approximate surface area is 137 Å². The van der Waals surface area contributed by atoms with Crippen molar-refractivity contribution in [2.75, 3.05) is 0 Å². The quantitative estimate of drug-likeness (QED) is 0.849. The second kappa shape index (κ2) is 7.42. The fourth-order valence-electron chi connectivity index (χ4n) is 2.04. The Bertz CT molecular complexity index is 656. The summed E-state index contributed by atoms with van der Waals surface area (Å²) in [5.74, 6) is -1.80. The van der Waals surface area contributed by atoms with Crippen molar-refractivity contribution in [2.45, 2.75) is 25.3 Å². The molecule has 22 heavy (non-hydrogen) atoms. The lowest BCUT2D eigenvalue weighted by Crippen LogP contribution is -2.43. The van der Waals surface area contributed by atoms with Gasteiger partial charge in [0.1, 0.15) is 6.04 Å². The van der Waals surface area contributed by atoms with Crippen LogP contribution in [0, 0.1) is 0 Å². The number of rotatable bonds is 6. The van der Waals surface area contributed by atoms with E-state index in [9.17, 15) is 14.7 Å². The number of carboxylic acid groups (broad SMARTS) is 1. The highest BCUT2D eigenvalue weighted by Gasteiger charge is 2.24. The van der Waals surface area contributed by atoms with Crippen LogP contribution in [-0.4, -0.2) is 23.0 Å². The van der Waals surface area contributed by atoms with Crippen molar-refractivity contribution in [3.05, 3.63) is 57.2 Å². The number of halogens is 1. The van der Waals surface area contributed by atoms with Crippen molar-refractivity contribution >= 4 is 34.8 Å². The van der Waals surface area contributed by atoms with Crippen molar-refractivity contribution < 1.29 is 14.7 Å². The van der Waals surface area contributed by atoms with E-state index in [-0.39, 0.29) is 12.3 Å². The van der Waals surface area contributed by atoms with Crippen LogP contribution in [0.1, 0.15) is 23.3 Å². The number of benzene rings is 1. The molecule has 2 atom stereocenters. The number of hydrogen-bond acceptors (Lipinski definition) is 3. The van der Waals surface area contributed by atoms with Gasteiger partial charge in [0.2, 0.25) is 5.91 Å². The van der Waals surface area contributed by atoms with Gasteiger partial charge in [-0.1, -0.05) is 41.9 Å². The predicted octanol–water partition coefficient (Wildman–Crippen LogP) is 3.32. The zero-order chi connectivity index (χ0) is 16.1. The summed E-state index contributed by atoms with van der Waals surface area (Å²) < 4.78 is 0.605. The third-order valence-electron chi connectivity index (χ3n) is 3.31. The van der Waals surface area contributed by atoms with Gasteiger partial charge in [-0.05, 0) is 24.6 Å². The van der Waals surface area contributed by atoms with Crippen molar-refractivity contribution in [3.8, 4) is 0 Å². The van der Waals surface area contributed by atoms with Gasteiger partial charge in [0, 0.05) is 11.3 Å². The second-order valence-electron chi connectivity index (χ2n) is 4.95. The normalized spacial score (nSPS) is 13.4. The average molecular weight is 338 g/mol. The molecule has 0 saturated carbocycles. The lowest BCUT2D eigenvalue weighted by atomic mass is 10.0. The highest BCUT2D eigenvalue weighted by atomic mass is 35.5. The molecule has 1 aromatic carbocycles. The maximum absolute atomic E-state index is 12.2. The summed E-state index contributed by atoms with van der Waals surface area (Å²) >= 11 is 7.19. The van der Waals surface area contributed by atoms with E-state index >= 15 is 0 Å². The summed E-state index contributed by atoms with van der Waals surface area (Å²) in [4.78, 5) is 24.4. The number of carboxylic acids is 1. The van der Waals surface area contributed by atoms with Gasteiger partial charge in [-0.25, -0.2) is 4.79 Å². The first-order valence-electron chi connectivity index (χ1n) is 6.79. The first-order chi connectivity index (χ1) is 10.5. The van der Waals surface area contributed by atoms with Crippen LogP contribution in [0.25, 0.3) is 0 Å². The van der Waals surface area contributed by atoms with Gasteiger partial charge in [-0.3, -0.25) is 4.79 Å². The molecule has 1 unspecified atom stereocenters. The molecule has 2 N–H and O–H groups in total. The van der Waals surface area contributed by atoms with Gasteiger partial charge in [0.25, 0.3) is 0 Å². The molecule has 1 aromatic heterocycles. The Morgan fingerprint density at radius 1 is 1.23 bits per heavy atom. The lowest BCUT2D eigenvalue weighted by Gasteiger charge is -2.17. The third-order valence-corrected chi connectivity index (χ3v) is 4.73. The minimum absolute atomic E-state index is 0.250. The van der Waals surface area contributed by atoms with Crippen molar-refractivity contribution in [2.24, 2.45) is 0 Å². The number of carbonyl (C=O) groups excluding carboxylic acids is 1. The molecule has 4 nitrogen and oxygen atoms in total. The van der Waals surface area contributed by atoms with Crippen LogP contribution < -0.4 is 5.32 Å². The number of thiophene rings is 1. The van der Waals surface area contributed by atoms with Gasteiger partial charge < -0.3 is 10.4 Å². The van der Waals surface area contributed by atoms with Gasteiger partial charge in [0.05, 0.1) is 10.3 Å². The molecule has 0 saturated heterocycles. The van der Waals surface area contributed by atoms with Crippen LogP contribution in [0.4, 0.5) is 0 Å². The van der Waals surface area contributed by atoms with E-state index in [1.807, 2.05) is 30.3 Å². The van der Waals surface area contributed by atoms with Crippen LogP contribution in [0.15, 0.2) is 42.5 Å². The molecule has 1 amide bonds. The largest absolute Gasteiger partial charge is 0.480 e. The zero-order valence-electron chi connectivity index (χ0n) is 12.0. The summed E-state index contributed by atoms with van der Waals surface area (Å²) in [7, 11) is 0. The molecule has 6 heteroatoms. The first-order valence-corrected chi connectivity index (χ1v) is 7.99. The van der Waals surface area contributed by atoms with Gasteiger partial charge in [0.15, 0.2) is 0 Å². The van der Waals surface area contributed by atoms with Crippen molar-refractivity contribution in [1.82, 2.24) is 5.32 Å². The monoisotopic (exact) mass is 337 g/mol. The van der Waals surface area contributed by atoms with E-state index < -0.39 is 17.9 Å². The molecule has 0 spiro atoms. The van der Waals surface area contributed by atoms with E-state index in [1.54, 1.807) is 19.1 Å². The topological polar surface area (TPSA) is 66.4 Å². The molecule has 0 aliphatic carbocycles. The van der Waals surface area contributed by atoms with Crippen molar-refractivity contribution in [3.63, 3.8) is 0 Å². The number of nitrogens with one attached hydrogen (secondary N) is 1. The Kier molecular flexibility index (Phi) is 5.57. The predicted molar refractivity (Wildman–Crippen MR) is 87.5 cm³/mol. The minimum Gasteiger partial charge on any atom is -0.480 e. The van der Waals surface area contributed by atoms with Gasteiger partial charge in [-0.2, -0.15) is 0 Å². The lowest BCUT2D eigenvalue weighted by molar-refractivity contribution is -0.141. The first kappa shape index (κ1) is 16.5. The summed E-state index contributed by atoms with van der Waals surface area (Å²) in [6.07, 6.45) is 0.250. The number of carbonyl (C=O) groups is 2. The highest BCUT2D eigenvalue weighted by molar-refractivity contribution is 7.16. The average Bonchev–Trinajstić information content (AvgIpc) is 2.93. The number of hydrogen-bond donors (Lipinski definition) is 2. The molecule has 0 aliphatic heterocycles. The Morgan fingerprint density at radius 3 is 2.45 bits per heavy atom. The summed E-state index contributed by atoms with van der Waals surface area (Å²) in [5, 5.41) is 11.9. The standard InChI is InChI=1S/C16H16ClNO3S/c1-10(13-7-8-14(17)22-13)15(19)18-12(16(20)21)9-11-5-3-2-4-6-11/h2-8,10,12H,9H2,1H3,(H,18,19)(H,20,21)/t10?,12-/m1/s1. The van der Waals surface area contributed by atoms with Crippen LogP contribution in [0.2, 0.25) is 4.34 Å². The van der Waals surface area contributed by atoms with E-state index in [0.29, 0.717) is 4.34 Å². The molecule has 2 aromatic rings. The minimum atomic E-state index is -1.05. The summed E-state index contributed by atoms with van der Waals surface area (Å²) in [6, 6.07) is 11.8. The van der Waals surface area contributed by atoms with E-state index in [1.165, 1.54) is 11.3 Å². The molecule has 116 valence electrons. The number of amides is 1. The maximum atomic E-state index is 12.2. The molecule has 0 bridgehead atoms. The van der Waals surface area contributed by atoms with Crippen LogP contribution in [0.5, 0.6) is 0 Å². The fourth-order valence-corrected chi connectivity index (χ4v) is 3.15. The zero-order valence-corrected chi connectivity index (χ0v) is 13.5. The molecular formula is C16H16ClNO3S. The Hall–Kier alpha value is -1.85. The van der Waals surface area contributed by atoms with Gasteiger partial charge >= 0.3 is 5.97 Å². The fraction of sp³-hybridized carbons (Fsp3) is 0.250. The molecule has 2 rings (SSSR count). The van der Waals surface area contributed by atoms with E-state index in [4.69, 9.17) is 11.6 Å². The molecule has 0 aliphatic rings. The van der Waals surface area contributed by atoms with Crippen molar-refractivity contribution in [1.29, 1.82) is 0 Å². The molecular weight excluding hydrogens is 322 g/mol. The van der Waals surface area contributed by atoms with Crippen LogP contribution >= 0.6 is 22.9 Å². The Balaban J connectivity index is 2.04. The van der Waals surface area contributed by atoms with E-state index in [2.05, 4.69) is 5.32 Å². The maximum Gasteiger partial charge on any atom is 0.326 e. The molecule has 0 fully saturated rings. The smallest absolute Gasteiger partial charge is 0.326 e. The summed E-state index contributed by atoms with van der Waals surface area (Å²) in [6.45, 7) is 1.74. The molecule has 0 radical (unpaired) electrons. The van der Waals surface area contributed by atoms with Crippen LogP contribution in [-0.2, 0) is 16.0 Å². The molecule has 1 heterocycles. The van der Waals surface area contributed by atoms with Gasteiger partial charge in [-0.15, -0.1) is 11.3 Å². The SMILES string of the molecule is CC(C(=O)N[C@H](Cc1ccccc1)C(=O)O)c1ccc(Cl)s1. The van der Waals surface area contributed by atoms with Crippen LogP contribution in [0.3, 0.4) is 0 Å². The summed E-state index contributed by atoms with van der Waals surface area (Å²) in [5.41, 5.74) is 0.863. The number of aliphatic carboxylic acids is 1.